The van der Waals surface area contributed by atoms with Gasteiger partial charge in [0.1, 0.15) is 0 Å². The summed E-state index contributed by atoms with van der Waals surface area (Å²) in [5, 5.41) is 4.67. The Labute approximate surface area is 116 Å². The highest BCUT2D eigenvalue weighted by molar-refractivity contribution is 7.09. The lowest BCUT2D eigenvalue weighted by molar-refractivity contribution is 0.637. The highest BCUT2D eigenvalue weighted by Crippen LogP contribution is 2.26. The first-order valence-electron chi connectivity index (χ1n) is 6.35. The second-order valence-electron chi connectivity index (χ2n) is 4.36. The standard InChI is InChI=1S/C15H15N3S/c1-2-17-15(14-9-16-10-19-14)12-7-11-5-3-4-6-13(11)18-8-12/h3-10,15,17H,2H2,1H3. The van der Waals surface area contributed by atoms with Gasteiger partial charge in [0.15, 0.2) is 0 Å². The smallest absolute Gasteiger partial charge is 0.0794 e. The van der Waals surface area contributed by atoms with E-state index in [1.165, 1.54) is 15.8 Å². The summed E-state index contributed by atoms with van der Waals surface area (Å²) in [6.07, 6.45) is 3.88. The Kier molecular flexibility index (Phi) is 3.53. The molecule has 3 nitrogen and oxygen atoms in total. The van der Waals surface area contributed by atoms with Crippen molar-refractivity contribution in [3.8, 4) is 0 Å². The molecule has 1 unspecified atom stereocenters. The van der Waals surface area contributed by atoms with Crippen molar-refractivity contribution in [3.63, 3.8) is 0 Å². The molecule has 0 saturated carbocycles. The maximum atomic E-state index is 4.54. The molecule has 2 aromatic heterocycles. The van der Waals surface area contributed by atoms with E-state index in [9.17, 15) is 0 Å². The second kappa shape index (κ2) is 5.47. The van der Waals surface area contributed by atoms with E-state index in [0.717, 1.165) is 12.1 Å². The van der Waals surface area contributed by atoms with Crippen LogP contribution < -0.4 is 5.32 Å². The van der Waals surface area contributed by atoms with Crippen LogP contribution in [0.4, 0.5) is 0 Å². The van der Waals surface area contributed by atoms with Gasteiger partial charge in [-0.3, -0.25) is 9.97 Å². The van der Waals surface area contributed by atoms with Gasteiger partial charge < -0.3 is 5.32 Å². The average molecular weight is 269 g/mol. The van der Waals surface area contributed by atoms with Gasteiger partial charge in [-0.25, -0.2) is 0 Å². The van der Waals surface area contributed by atoms with Crippen molar-refractivity contribution in [1.82, 2.24) is 15.3 Å². The largest absolute Gasteiger partial charge is 0.306 e. The lowest BCUT2D eigenvalue weighted by atomic mass is 10.1. The number of thiazole rings is 1. The molecule has 0 aliphatic rings. The Hall–Kier alpha value is -1.78. The number of hydrogen-bond acceptors (Lipinski definition) is 4. The third kappa shape index (κ3) is 2.50. The first-order chi connectivity index (χ1) is 9.38. The molecule has 0 spiro atoms. The third-order valence-electron chi connectivity index (χ3n) is 3.09. The van der Waals surface area contributed by atoms with Crippen molar-refractivity contribution in [2.75, 3.05) is 6.54 Å². The van der Waals surface area contributed by atoms with Gasteiger partial charge in [-0.1, -0.05) is 25.1 Å². The monoisotopic (exact) mass is 269 g/mol. The zero-order chi connectivity index (χ0) is 13.1. The fourth-order valence-corrected chi connectivity index (χ4v) is 2.92. The molecular weight excluding hydrogens is 254 g/mol. The summed E-state index contributed by atoms with van der Waals surface area (Å²) in [6, 6.07) is 10.6. The maximum absolute atomic E-state index is 4.54. The van der Waals surface area contributed by atoms with Crippen LogP contribution in [0, 0.1) is 0 Å². The molecule has 1 N–H and O–H groups in total. The molecule has 1 aromatic carbocycles. The van der Waals surface area contributed by atoms with Gasteiger partial charge in [-0.05, 0) is 24.2 Å². The van der Waals surface area contributed by atoms with Crippen molar-refractivity contribution in [2.45, 2.75) is 13.0 Å². The van der Waals surface area contributed by atoms with Crippen LogP contribution in [0.1, 0.15) is 23.4 Å². The van der Waals surface area contributed by atoms with E-state index in [0.29, 0.717) is 0 Å². The summed E-state index contributed by atoms with van der Waals surface area (Å²) in [4.78, 5) is 9.93. The Morgan fingerprint density at radius 1 is 1.26 bits per heavy atom. The molecule has 96 valence electrons. The molecule has 2 heterocycles. The quantitative estimate of drug-likeness (QED) is 0.789. The second-order valence-corrected chi connectivity index (χ2v) is 5.27. The van der Waals surface area contributed by atoms with Crippen molar-refractivity contribution in [2.24, 2.45) is 0 Å². The normalized spacial score (nSPS) is 12.7. The zero-order valence-electron chi connectivity index (χ0n) is 10.7. The minimum Gasteiger partial charge on any atom is -0.306 e. The van der Waals surface area contributed by atoms with E-state index in [2.05, 4.69) is 34.3 Å². The number of rotatable bonds is 4. The summed E-state index contributed by atoms with van der Waals surface area (Å²) in [5.41, 5.74) is 4.09. The Morgan fingerprint density at radius 3 is 2.95 bits per heavy atom. The fraction of sp³-hybridized carbons (Fsp3) is 0.200. The Morgan fingerprint density at radius 2 is 2.16 bits per heavy atom. The molecule has 1 atom stereocenters. The number of hydrogen-bond donors (Lipinski definition) is 1. The van der Waals surface area contributed by atoms with Crippen LogP contribution in [0.2, 0.25) is 0 Å². The molecule has 3 rings (SSSR count). The zero-order valence-corrected chi connectivity index (χ0v) is 11.5. The van der Waals surface area contributed by atoms with Crippen LogP contribution in [0.15, 0.2) is 48.2 Å². The van der Waals surface area contributed by atoms with Crippen molar-refractivity contribution in [3.05, 3.63) is 58.7 Å². The van der Waals surface area contributed by atoms with E-state index in [1.807, 2.05) is 36.1 Å². The number of fused-ring (bicyclic) bond motifs is 1. The summed E-state index contributed by atoms with van der Waals surface area (Å²) < 4.78 is 0. The van der Waals surface area contributed by atoms with Crippen molar-refractivity contribution < 1.29 is 0 Å². The number of pyridine rings is 1. The van der Waals surface area contributed by atoms with E-state index in [1.54, 1.807) is 11.3 Å². The molecule has 0 fully saturated rings. The van der Waals surface area contributed by atoms with Gasteiger partial charge in [-0.2, -0.15) is 0 Å². The van der Waals surface area contributed by atoms with Crippen LogP contribution in [0.3, 0.4) is 0 Å². The summed E-state index contributed by atoms with van der Waals surface area (Å²) in [7, 11) is 0. The van der Waals surface area contributed by atoms with Crippen LogP contribution >= 0.6 is 11.3 Å². The Balaban J connectivity index is 2.05. The minimum atomic E-state index is 0.176. The molecule has 19 heavy (non-hydrogen) atoms. The molecule has 4 heteroatoms. The van der Waals surface area contributed by atoms with Gasteiger partial charge in [0.2, 0.25) is 0 Å². The lowest BCUT2D eigenvalue weighted by Gasteiger charge is -2.16. The number of nitrogens with zero attached hydrogens (tertiary/aromatic N) is 2. The topological polar surface area (TPSA) is 37.8 Å². The number of nitrogens with one attached hydrogen (secondary N) is 1. The van der Waals surface area contributed by atoms with Gasteiger partial charge in [0, 0.05) is 22.7 Å². The lowest BCUT2D eigenvalue weighted by Crippen LogP contribution is -2.21. The third-order valence-corrected chi connectivity index (χ3v) is 3.93. The molecule has 0 aliphatic heterocycles. The molecule has 0 bridgehead atoms. The van der Waals surface area contributed by atoms with E-state index >= 15 is 0 Å². The highest BCUT2D eigenvalue weighted by atomic mass is 32.1. The molecule has 3 aromatic rings. The first kappa shape index (κ1) is 12.3. The molecule has 0 aliphatic carbocycles. The molecule has 0 radical (unpaired) electrons. The number of para-hydroxylation sites is 1. The van der Waals surface area contributed by atoms with E-state index < -0.39 is 0 Å². The summed E-state index contributed by atoms with van der Waals surface area (Å²) in [6.45, 7) is 3.03. The van der Waals surface area contributed by atoms with Gasteiger partial charge in [-0.15, -0.1) is 11.3 Å². The first-order valence-corrected chi connectivity index (χ1v) is 7.23. The molecular formula is C15H15N3S. The summed E-state index contributed by atoms with van der Waals surface area (Å²) in [5.74, 6) is 0. The average Bonchev–Trinajstić information content (AvgIpc) is 2.98. The molecule has 0 amide bonds. The summed E-state index contributed by atoms with van der Waals surface area (Å²) >= 11 is 1.67. The van der Waals surface area contributed by atoms with Crippen molar-refractivity contribution in [1.29, 1.82) is 0 Å². The highest BCUT2D eigenvalue weighted by Gasteiger charge is 2.15. The molecule has 0 saturated heterocycles. The predicted octanol–water partition coefficient (Wildman–Crippen LogP) is 3.39. The SMILES string of the molecule is CCNC(c1cnc2ccccc2c1)c1cncs1. The minimum absolute atomic E-state index is 0.176. The van der Waals surface area contributed by atoms with Crippen LogP contribution in [0.25, 0.3) is 10.9 Å². The van der Waals surface area contributed by atoms with Crippen LogP contribution in [-0.2, 0) is 0 Å². The number of benzene rings is 1. The van der Waals surface area contributed by atoms with Crippen LogP contribution in [0.5, 0.6) is 0 Å². The number of aromatic nitrogens is 2. The van der Waals surface area contributed by atoms with Gasteiger partial charge in [0.25, 0.3) is 0 Å². The van der Waals surface area contributed by atoms with Gasteiger partial charge >= 0.3 is 0 Å². The van der Waals surface area contributed by atoms with Crippen molar-refractivity contribution >= 4 is 22.2 Å². The Bertz CT molecular complexity index is 664. The van der Waals surface area contributed by atoms with Gasteiger partial charge in [0.05, 0.1) is 17.1 Å². The van der Waals surface area contributed by atoms with E-state index in [4.69, 9.17) is 0 Å². The maximum Gasteiger partial charge on any atom is 0.0794 e. The predicted molar refractivity (Wildman–Crippen MR) is 79.4 cm³/mol. The fourth-order valence-electron chi connectivity index (χ4n) is 2.20. The van der Waals surface area contributed by atoms with Crippen LogP contribution in [-0.4, -0.2) is 16.5 Å². The van der Waals surface area contributed by atoms with E-state index in [-0.39, 0.29) is 6.04 Å².